The molecular weight excluding hydrogens is 242 g/mol. The third-order valence-corrected chi connectivity index (χ3v) is 2.87. The molecule has 0 bridgehead atoms. The molecule has 3 N–H and O–H groups in total. The minimum atomic E-state index is -0.941. The molecule has 1 rings (SSSR count). The summed E-state index contributed by atoms with van der Waals surface area (Å²) >= 11 is 0. The van der Waals surface area contributed by atoms with Gasteiger partial charge in [-0.05, 0) is 38.3 Å². The molecule has 0 aliphatic heterocycles. The summed E-state index contributed by atoms with van der Waals surface area (Å²) in [4.78, 5) is 12.0. The number of rotatable bonds is 5. The first-order valence-corrected chi connectivity index (χ1v) is 6.51. The van der Waals surface area contributed by atoms with Gasteiger partial charge in [0.1, 0.15) is 5.75 Å². The minimum absolute atomic E-state index is 0.0494. The molecular formula is C15H23NO3. The van der Waals surface area contributed by atoms with Crippen LogP contribution in [0, 0.1) is 12.8 Å². The topological polar surface area (TPSA) is 69.6 Å². The highest BCUT2D eigenvalue weighted by atomic mass is 16.3. The lowest BCUT2D eigenvalue weighted by atomic mass is 9.94. The van der Waals surface area contributed by atoms with Crippen molar-refractivity contribution in [2.45, 2.75) is 39.7 Å². The second-order valence-corrected chi connectivity index (χ2v) is 5.80. The third kappa shape index (κ3) is 4.91. The summed E-state index contributed by atoms with van der Waals surface area (Å²) in [5.74, 6) is -0.0730. The molecule has 1 aromatic rings. The molecule has 0 fully saturated rings. The average molecular weight is 265 g/mol. The molecule has 0 aromatic heterocycles. The molecule has 4 nitrogen and oxygen atoms in total. The highest BCUT2D eigenvalue weighted by Gasteiger charge is 2.23. The maximum Gasteiger partial charge on any atom is 0.255 e. The van der Waals surface area contributed by atoms with Gasteiger partial charge in [0.05, 0.1) is 11.2 Å². The zero-order valence-electron chi connectivity index (χ0n) is 12.0. The summed E-state index contributed by atoms with van der Waals surface area (Å²) in [5.41, 5.74) is 0.195. The van der Waals surface area contributed by atoms with E-state index < -0.39 is 5.60 Å². The van der Waals surface area contributed by atoms with Crippen molar-refractivity contribution in [2.75, 3.05) is 6.54 Å². The van der Waals surface area contributed by atoms with E-state index in [1.165, 1.54) is 6.07 Å². The number of hydrogen-bond acceptors (Lipinski definition) is 3. The first-order chi connectivity index (χ1) is 8.71. The minimum Gasteiger partial charge on any atom is -0.507 e. The van der Waals surface area contributed by atoms with Gasteiger partial charge in [-0.2, -0.15) is 0 Å². The van der Waals surface area contributed by atoms with Crippen LogP contribution in [0.3, 0.4) is 0 Å². The van der Waals surface area contributed by atoms with Crippen LogP contribution in [-0.4, -0.2) is 28.3 Å². The molecule has 0 aliphatic rings. The van der Waals surface area contributed by atoms with Crippen LogP contribution < -0.4 is 5.32 Å². The van der Waals surface area contributed by atoms with E-state index in [0.717, 1.165) is 5.56 Å². The zero-order valence-corrected chi connectivity index (χ0v) is 12.0. The second-order valence-electron chi connectivity index (χ2n) is 5.80. The van der Waals surface area contributed by atoms with Crippen molar-refractivity contribution in [3.05, 3.63) is 29.3 Å². The second kappa shape index (κ2) is 6.06. The number of aryl methyl sites for hydroxylation is 1. The third-order valence-electron chi connectivity index (χ3n) is 2.87. The molecule has 1 unspecified atom stereocenters. The maximum absolute atomic E-state index is 12.0. The lowest BCUT2D eigenvalue weighted by Gasteiger charge is -2.25. The highest BCUT2D eigenvalue weighted by Crippen LogP contribution is 2.19. The molecule has 106 valence electrons. The Kier molecular flexibility index (Phi) is 4.95. The Morgan fingerprint density at radius 3 is 2.63 bits per heavy atom. The zero-order chi connectivity index (χ0) is 14.6. The average Bonchev–Trinajstić information content (AvgIpc) is 2.27. The Bertz CT molecular complexity index is 453. The van der Waals surface area contributed by atoms with Crippen molar-refractivity contribution in [1.82, 2.24) is 5.32 Å². The van der Waals surface area contributed by atoms with Gasteiger partial charge in [0.25, 0.3) is 5.91 Å². The van der Waals surface area contributed by atoms with Crippen LogP contribution >= 0.6 is 0 Å². The predicted octanol–water partition coefficient (Wildman–Crippen LogP) is 2.23. The lowest BCUT2D eigenvalue weighted by Crippen LogP contribution is -2.41. The Morgan fingerprint density at radius 2 is 2.05 bits per heavy atom. The first-order valence-electron chi connectivity index (χ1n) is 6.51. The van der Waals surface area contributed by atoms with Gasteiger partial charge in [0, 0.05) is 6.54 Å². The molecule has 0 aliphatic carbocycles. The number of nitrogens with one attached hydrogen (secondary N) is 1. The number of hydrogen-bond donors (Lipinski definition) is 3. The number of carbonyl (C=O) groups excluding carboxylic acids is 1. The summed E-state index contributed by atoms with van der Waals surface area (Å²) in [7, 11) is 0. The van der Waals surface area contributed by atoms with E-state index >= 15 is 0 Å². The molecule has 1 aromatic carbocycles. The van der Waals surface area contributed by atoms with Crippen LogP contribution in [0.5, 0.6) is 5.75 Å². The van der Waals surface area contributed by atoms with Gasteiger partial charge in [-0.3, -0.25) is 4.79 Å². The van der Waals surface area contributed by atoms with Gasteiger partial charge in [0.2, 0.25) is 0 Å². The number of aromatic hydroxyl groups is 1. The first kappa shape index (κ1) is 15.5. The number of amides is 1. The Labute approximate surface area is 114 Å². The fraction of sp³-hybridized carbons (Fsp3) is 0.533. The van der Waals surface area contributed by atoms with Crippen LogP contribution in [0.4, 0.5) is 0 Å². The fourth-order valence-electron chi connectivity index (χ4n) is 2.15. The van der Waals surface area contributed by atoms with Gasteiger partial charge in [-0.15, -0.1) is 0 Å². The van der Waals surface area contributed by atoms with Gasteiger partial charge in [-0.25, -0.2) is 0 Å². The summed E-state index contributed by atoms with van der Waals surface area (Å²) in [5, 5.41) is 22.4. The van der Waals surface area contributed by atoms with Crippen molar-refractivity contribution in [1.29, 1.82) is 0 Å². The molecule has 0 saturated carbocycles. The molecule has 0 saturated heterocycles. The number of aliphatic hydroxyl groups is 1. The van der Waals surface area contributed by atoms with E-state index in [4.69, 9.17) is 0 Å². The maximum atomic E-state index is 12.0. The molecule has 1 amide bonds. The lowest BCUT2D eigenvalue weighted by molar-refractivity contribution is 0.0368. The van der Waals surface area contributed by atoms with Crippen LogP contribution in [0.15, 0.2) is 18.2 Å². The number of phenols is 1. The smallest absolute Gasteiger partial charge is 0.255 e. The van der Waals surface area contributed by atoms with Crippen LogP contribution in [0.2, 0.25) is 0 Å². The summed E-state index contributed by atoms with van der Waals surface area (Å²) in [6, 6.07) is 4.86. The van der Waals surface area contributed by atoms with E-state index in [2.05, 4.69) is 5.32 Å². The Balaban J connectivity index is 2.68. The van der Waals surface area contributed by atoms with Crippen molar-refractivity contribution in [2.24, 2.45) is 5.92 Å². The van der Waals surface area contributed by atoms with E-state index in [0.29, 0.717) is 12.3 Å². The van der Waals surface area contributed by atoms with Gasteiger partial charge in [0.15, 0.2) is 0 Å². The SMILES string of the molecule is Cc1ccc(O)c(C(=O)NCC(C)(O)CC(C)C)c1. The van der Waals surface area contributed by atoms with E-state index in [1.807, 2.05) is 20.8 Å². The van der Waals surface area contributed by atoms with E-state index in [9.17, 15) is 15.0 Å². The van der Waals surface area contributed by atoms with Crippen molar-refractivity contribution >= 4 is 5.91 Å². The molecule has 0 radical (unpaired) electrons. The van der Waals surface area contributed by atoms with Crippen molar-refractivity contribution in [3.8, 4) is 5.75 Å². The normalized spacial score (nSPS) is 14.2. The predicted molar refractivity (Wildman–Crippen MR) is 75.3 cm³/mol. The molecule has 19 heavy (non-hydrogen) atoms. The number of phenolic OH excluding ortho intramolecular Hbond substituents is 1. The number of carbonyl (C=O) groups is 1. The quantitative estimate of drug-likeness (QED) is 0.764. The van der Waals surface area contributed by atoms with Gasteiger partial charge >= 0.3 is 0 Å². The summed E-state index contributed by atoms with van der Waals surface area (Å²) in [6.07, 6.45) is 0.604. The highest BCUT2D eigenvalue weighted by molar-refractivity contribution is 5.97. The van der Waals surface area contributed by atoms with E-state index in [1.54, 1.807) is 19.1 Å². The molecule has 4 heteroatoms. The Hall–Kier alpha value is -1.55. The number of benzene rings is 1. The van der Waals surface area contributed by atoms with Crippen LogP contribution in [0.1, 0.15) is 43.1 Å². The van der Waals surface area contributed by atoms with E-state index in [-0.39, 0.29) is 23.8 Å². The van der Waals surface area contributed by atoms with Crippen molar-refractivity contribution < 1.29 is 15.0 Å². The van der Waals surface area contributed by atoms with Crippen LogP contribution in [0.25, 0.3) is 0 Å². The monoisotopic (exact) mass is 265 g/mol. The van der Waals surface area contributed by atoms with Crippen molar-refractivity contribution in [3.63, 3.8) is 0 Å². The summed E-state index contributed by atoms with van der Waals surface area (Å²) in [6.45, 7) is 7.75. The molecule has 0 spiro atoms. The van der Waals surface area contributed by atoms with Crippen LogP contribution in [-0.2, 0) is 0 Å². The molecule has 0 heterocycles. The van der Waals surface area contributed by atoms with Gasteiger partial charge in [-0.1, -0.05) is 25.5 Å². The standard InChI is InChI=1S/C15H23NO3/c1-10(2)8-15(4,19)9-16-14(18)12-7-11(3)5-6-13(12)17/h5-7,10,17,19H,8-9H2,1-4H3,(H,16,18). The summed E-state index contributed by atoms with van der Waals surface area (Å²) < 4.78 is 0. The molecule has 1 atom stereocenters. The largest absolute Gasteiger partial charge is 0.507 e. The van der Waals surface area contributed by atoms with Gasteiger partial charge < -0.3 is 15.5 Å². The fourth-order valence-corrected chi connectivity index (χ4v) is 2.15. The Morgan fingerprint density at radius 1 is 1.42 bits per heavy atom.